The Bertz CT molecular complexity index is 506. The Kier molecular flexibility index (Phi) is 1.71. The highest BCUT2D eigenvalue weighted by molar-refractivity contribution is 5.86. The molecule has 2 nitrogen and oxygen atoms in total. The fourth-order valence-electron chi connectivity index (χ4n) is 3.62. The molecular formula is C14H17N2+. The van der Waals surface area contributed by atoms with Crippen molar-refractivity contribution in [2.45, 2.75) is 31.8 Å². The van der Waals surface area contributed by atoms with Crippen LogP contribution >= 0.6 is 0 Å². The van der Waals surface area contributed by atoms with Crippen molar-refractivity contribution in [3.05, 3.63) is 35.5 Å². The van der Waals surface area contributed by atoms with Gasteiger partial charge in [0.15, 0.2) is 6.67 Å². The van der Waals surface area contributed by atoms with Gasteiger partial charge >= 0.3 is 0 Å². The van der Waals surface area contributed by atoms with Gasteiger partial charge in [0.25, 0.3) is 0 Å². The van der Waals surface area contributed by atoms with Crippen LogP contribution in [0.1, 0.15) is 30.0 Å². The van der Waals surface area contributed by atoms with Gasteiger partial charge in [-0.25, -0.2) is 0 Å². The van der Waals surface area contributed by atoms with Crippen LogP contribution in [0.3, 0.4) is 0 Å². The van der Waals surface area contributed by atoms with Gasteiger partial charge in [-0.3, -0.25) is 4.57 Å². The molecule has 2 aliphatic rings. The topological polar surface area (TPSA) is 21.5 Å². The Balaban J connectivity index is 2.13. The van der Waals surface area contributed by atoms with Crippen LogP contribution in [0.25, 0.3) is 10.9 Å². The van der Waals surface area contributed by atoms with E-state index in [1.807, 2.05) is 0 Å². The Hall–Kier alpha value is -1.28. The molecule has 4 rings (SSSR count). The van der Waals surface area contributed by atoms with Crippen LogP contribution in [0, 0.1) is 0 Å². The lowest BCUT2D eigenvalue weighted by molar-refractivity contribution is -0.691. The van der Waals surface area contributed by atoms with Gasteiger partial charge in [0.2, 0.25) is 0 Å². The molecule has 2 aromatic rings. The number of aryl methyl sites for hydroxylation is 1. The highest BCUT2D eigenvalue weighted by Gasteiger charge is 2.31. The van der Waals surface area contributed by atoms with Gasteiger partial charge in [-0.05, 0) is 30.9 Å². The minimum atomic E-state index is 0.810. The van der Waals surface area contributed by atoms with Crippen LogP contribution in [-0.2, 0) is 13.1 Å². The first-order valence-electron chi connectivity index (χ1n) is 6.37. The first-order valence-corrected chi connectivity index (χ1v) is 6.37. The van der Waals surface area contributed by atoms with Crippen molar-refractivity contribution in [2.75, 3.05) is 6.54 Å². The fraction of sp³-hybridized carbons (Fsp3) is 0.429. The molecule has 1 atom stereocenters. The minimum absolute atomic E-state index is 0.810. The summed E-state index contributed by atoms with van der Waals surface area (Å²) >= 11 is 0. The van der Waals surface area contributed by atoms with Crippen LogP contribution in [0.5, 0.6) is 0 Å². The quantitative estimate of drug-likeness (QED) is 0.686. The number of rotatable bonds is 0. The second kappa shape index (κ2) is 3.11. The second-order valence-corrected chi connectivity index (χ2v) is 5.11. The zero-order valence-electron chi connectivity index (χ0n) is 9.45. The highest BCUT2D eigenvalue weighted by Crippen LogP contribution is 2.38. The lowest BCUT2D eigenvalue weighted by atomic mass is 9.86. The number of benzene rings is 1. The SMILES string of the molecule is c1ccc2c(c1)c1c3n2C[NH2+]CC3CCC1. The standard InChI is InChI=1S/C14H16N2/c1-2-7-13-11(5-1)12-6-3-4-10-8-15-9-16(13)14(10)12/h1-2,5,7,10,15H,3-4,6,8-9H2/p+1. The van der Waals surface area contributed by atoms with E-state index < -0.39 is 0 Å². The molecule has 2 heterocycles. The predicted molar refractivity (Wildman–Crippen MR) is 64.4 cm³/mol. The molecule has 1 aliphatic heterocycles. The van der Waals surface area contributed by atoms with Crippen molar-refractivity contribution in [1.29, 1.82) is 0 Å². The van der Waals surface area contributed by atoms with Crippen molar-refractivity contribution in [3.63, 3.8) is 0 Å². The van der Waals surface area contributed by atoms with Gasteiger partial charge in [-0.1, -0.05) is 18.2 Å². The summed E-state index contributed by atoms with van der Waals surface area (Å²) in [5, 5.41) is 3.97. The lowest BCUT2D eigenvalue weighted by Crippen LogP contribution is -2.86. The van der Waals surface area contributed by atoms with Crippen molar-refractivity contribution < 1.29 is 5.32 Å². The molecule has 0 radical (unpaired) electrons. The van der Waals surface area contributed by atoms with Crippen LogP contribution in [0.15, 0.2) is 24.3 Å². The van der Waals surface area contributed by atoms with E-state index >= 15 is 0 Å². The molecule has 1 aromatic carbocycles. The molecule has 1 aromatic heterocycles. The van der Waals surface area contributed by atoms with Crippen molar-refractivity contribution >= 4 is 10.9 Å². The summed E-state index contributed by atoms with van der Waals surface area (Å²) in [6.07, 6.45) is 4.05. The van der Waals surface area contributed by atoms with E-state index in [9.17, 15) is 0 Å². The number of hydrogen-bond acceptors (Lipinski definition) is 0. The van der Waals surface area contributed by atoms with Gasteiger partial charge in [-0.15, -0.1) is 0 Å². The van der Waals surface area contributed by atoms with Crippen LogP contribution in [0.4, 0.5) is 0 Å². The highest BCUT2D eigenvalue weighted by atomic mass is 15.2. The molecule has 1 unspecified atom stereocenters. The van der Waals surface area contributed by atoms with E-state index in [0.29, 0.717) is 0 Å². The van der Waals surface area contributed by atoms with Crippen LogP contribution < -0.4 is 5.32 Å². The average molecular weight is 213 g/mol. The fourth-order valence-corrected chi connectivity index (χ4v) is 3.62. The normalized spacial score (nSPS) is 23.4. The van der Waals surface area contributed by atoms with Gasteiger partial charge in [0.05, 0.1) is 12.1 Å². The van der Waals surface area contributed by atoms with Gasteiger partial charge in [0.1, 0.15) is 0 Å². The van der Waals surface area contributed by atoms with E-state index in [-0.39, 0.29) is 0 Å². The summed E-state index contributed by atoms with van der Waals surface area (Å²) in [6, 6.07) is 8.93. The summed E-state index contributed by atoms with van der Waals surface area (Å²) in [5.74, 6) is 0.810. The first kappa shape index (κ1) is 8.82. The van der Waals surface area contributed by atoms with E-state index in [1.165, 1.54) is 36.7 Å². The Labute approximate surface area is 95.3 Å². The van der Waals surface area contributed by atoms with Gasteiger partial charge < -0.3 is 5.32 Å². The third-order valence-electron chi connectivity index (χ3n) is 4.25. The number of aromatic nitrogens is 1. The number of nitrogens with zero attached hydrogens (tertiary/aromatic N) is 1. The molecule has 0 saturated heterocycles. The van der Waals surface area contributed by atoms with E-state index in [0.717, 1.165) is 12.6 Å². The molecule has 0 fully saturated rings. The van der Waals surface area contributed by atoms with Crippen LogP contribution in [0.2, 0.25) is 0 Å². The molecule has 82 valence electrons. The lowest BCUT2D eigenvalue weighted by Gasteiger charge is -2.28. The summed E-state index contributed by atoms with van der Waals surface area (Å²) in [7, 11) is 0. The molecule has 2 N–H and O–H groups in total. The molecular weight excluding hydrogens is 196 g/mol. The summed E-state index contributed by atoms with van der Waals surface area (Å²) in [6.45, 7) is 2.41. The summed E-state index contributed by atoms with van der Waals surface area (Å²) in [5.41, 5.74) is 4.77. The third kappa shape index (κ3) is 1.00. The maximum Gasteiger partial charge on any atom is 0.155 e. The smallest absolute Gasteiger partial charge is 0.155 e. The maximum absolute atomic E-state index is 2.55. The molecule has 0 amide bonds. The monoisotopic (exact) mass is 213 g/mol. The Morgan fingerprint density at radius 3 is 3.19 bits per heavy atom. The molecule has 1 aliphatic carbocycles. The largest absolute Gasteiger partial charge is 0.328 e. The minimum Gasteiger partial charge on any atom is -0.328 e. The molecule has 0 saturated carbocycles. The van der Waals surface area contributed by atoms with E-state index in [1.54, 1.807) is 11.3 Å². The number of hydrogen-bond donors (Lipinski definition) is 1. The average Bonchev–Trinajstić information content (AvgIpc) is 2.68. The molecule has 0 bridgehead atoms. The van der Waals surface area contributed by atoms with Crippen molar-refractivity contribution in [2.24, 2.45) is 0 Å². The number of fused-ring (bicyclic) bond motifs is 3. The van der Waals surface area contributed by atoms with Gasteiger partial charge in [0, 0.05) is 17.0 Å². The number of quaternary nitrogens is 1. The number of para-hydroxylation sites is 1. The van der Waals surface area contributed by atoms with Crippen LogP contribution in [-0.4, -0.2) is 11.1 Å². The van der Waals surface area contributed by atoms with E-state index in [2.05, 4.69) is 34.1 Å². The van der Waals surface area contributed by atoms with Crippen molar-refractivity contribution in [1.82, 2.24) is 4.57 Å². The Morgan fingerprint density at radius 2 is 2.19 bits per heavy atom. The zero-order valence-corrected chi connectivity index (χ0v) is 9.45. The third-order valence-corrected chi connectivity index (χ3v) is 4.25. The summed E-state index contributed by atoms with van der Waals surface area (Å²) in [4.78, 5) is 0. The predicted octanol–water partition coefficient (Wildman–Crippen LogP) is 1.60. The first-order chi connectivity index (χ1) is 7.95. The summed E-state index contributed by atoms with van der Waals surface area (Å²) < 4.78 is 2.55. The molecule has 0 spiro atoms. The zero-order chi connectivity index (χ0) is 10.5. The molecule has 16 heavy (non-hydrogen) atoms. The maximum atomic E-state index is 2.55. The number of nitrogens with two attached hydrogens (primary N) is 1. The van der Waals surface area contributed by atoms with E-state index in [4.69, 9.17) is 0 Å². The van der Waals surface area contributed by atoms with Gasteiger partial charge in [-0.2, -0.15) is 0 Å². The Morgan fingerprint density at radius 1 is 1.25 bits per heavy atom. The second-order valence-electron chi connectivity index (χ2n) is 5.11. The molecule has 2 heteroatoms. The van der Waals surface area contributed by atoms with Crippen molar-refractivity contribution in [3.8, 4) is 0 Å².